The Labute approximate surface area is 157 Å². The lowest BCUT2D eigenvalue weighted by molar-refractivity contribution is 0.415. The lowest BCUT2D eigenvalue weighted by Gasteiger charge is -2.37. The number of hydrogen-bond donors (Lipinski definition) is 1. The van der Waals surface area contributed by atoms with Crippen molar-refractivity contribution >= 4 is 11.4 Å². The molecule has 140 valence electrons. The molecular formula is C20H23N5O2. The fourth-order valence-corrected chi connectivity index (χ4v) is 3.51. The molecule has 3 aromatic rings. The van der Waals surface area contributed by atoms with Crippen LogP contribution in [-0.2, 0) is 0 Å². The van der Waals surface area contributed by atoms with Gasteiger partial charge in [0.2, 0.25) is 0 Å². The number of ether oxygens (including phenoxy) is 1. The molecule has 1 N–H and O–H groups in total. The van der Waals surface area contributed by atoms with Gasteiger partial charge in [-0.25, -0.2) is 14.5 Å². The number of anilines is 2. The summed E-state index contributed by atoms with van der Waals surface area (Å²) in [4.78, 5) is 16.6. The number of aromatic amines is 1. The Kier molecular flexibility index (Phi) is 4.58. The Balaban J connectivity index is 1.43. The Morgan fingerprint density at radius 2 is 1.33 bits per heavy atom. The molecule has 0 amide bonds. The average molecular weight is 365 g/mol. The summed E-state index contributed by atoms with van der Waals surface area (Å²) in [5.74, 6) is 1.53. The molecule has 1 aliphatic heterocycles. The zero-order valence-electron chi connectivity index (χ0n) is 15.6. The van der Waals surface area contributed by atoms with Gasteiger partial charge in [-0.1, -0.05) is 0 Å². The summed E-state index contributed by atoms with van der Waals surface area (Å²) in [7, 11) is 1.68. The van der Waals surface area contributed by atoms with Crippen LogP contribution in [0.25, 0.3) is 5.69 Å². The number of aromatic nitrogens is 3. The van der Waals surface area contributed by atoms with Gasteiger partial charge < -0.3 is 14.5 Å². The van der Waals surface area contributed by atoms with E-state index < -0.39 is 0 Å². The third-order valence-corrected chi connectivity index (χ3v) is 5.03. The van der Waals surface area contributed by atoms with Gasteiger partial charge in [0.25, 0.3) is 0 Å². The highest BCUT2D eigenvalue weighted by Gasteiger charge is 2.18. The zero-order chi connectivity index (χ0) is 18.8. The first-order chi connectivity index (χ1) is 13.2. The van der Waals surface area contributed by atoms with E-state index in [0.717, 1.165) is 37.6 Å². The van der Waals surface area contributed by atoms with E-state index in [1.165, 1.54) is 11.4 Å². The van der Waals surface area contributed by atoms with Crippen LogP contribution in [0.1, 0.15) is 5.82 Å². The SMILES string of the molecule is COc1ccc(N2CCN(c3ccc(-n4c(C)n[nH]c4=O)cc3)CC2)cc1. The number of piperazine rings is 1. The molecule has 2 heterocycles. The predicted molar refractivity (Wildman–Crippen MR) is 106 cm³/mol. The molecule has 0 bridgehead atoms. The molecule has 0 atom stereocenters. The predicted octanol–water partition coefficient (Wildman–Crippen LogP) is 2.20. The van der Waals surface area contributed by atoms with Gasteiger partial charge in [-0.15, -0.1) is 0 Å². The first-order valence-corrected chi connectivity index (χ1v) is 9.04. The maximum absolute atomic E-state index is 11.9. The molecule has 4 rings (SSSR count). The first kappa shape index (κ1) is 17.2. The highest BCUT2D eigenvalue weighted by molar-refractivity contribution is 5.54. The van der Waals surface area contributed by atoms with E-state index in [4.69, 9.17) is 4.74 Å². The smallest absolute Gasteiger partial charge is 0.347 e. The van der Waals surface area contributed by atoms with E-state index in [2.05, 4.69) is 44.3 Å². The number of nitrogens with zero attached hydrogens (tertiary/aromatic N) is 4. The van der Waals surface area contributed by atoms with Crippen LogP contribution in [-0.4, -0.2) is 48.1 Å². The van der Waals surface area contributed by atoms with Crippen LogP contribution in [0.2, 0.25) is 0 Å². The van der Waals surface area contributed by atoms with E-state index in [1.54, 1.807) is 11.7 Å². The largest absolute Gasteiger partial charge is 0.497 e. The van der Waals surface area contributed by atoms with Crippen molar-refractivity contribution < 1.29 is 4.74 Å². The third kappa shape index (κ3) is 3.40. The molecule has 0 saturated carbocycles. The van der Waals surface area contributed by atoms with Crippen molar-refractivity contribution in [2.75, 3.05) is 43.1 Å². The standard InChI is InChI=1S/C20H23N5O2/c1-15-21-22-20(26)25(15)18-5-3-16(4-6-18)23-11-13-24(14-12-23)17-7-9-19(27-2)10-8-17/h3-10H,11-14H2,1-2H3,(H,22,26). The Morgan fingerprint density at radius 1 is 0.852 bits per heavy atom. The number of nitrogens with one attached hydrogen (secondary N) is 1. The lowest BCUT2D eigenvalue weighted by atomic mass is 10.2. The second-order valence-corrected chi connectivity index (χ2v) is 6.60. The third-order valence-electron chi connectivity index (χ3n) is 5.03. The second kappa shape index (κ2) is 7.19. The van der Waals surface area contributed by atoms with E-state index in [9.17, 15) is 4.79 Å². The minimum atomic E-state index is -0.214. The minimum Gasteiger partial charge on any atom is -0.497 e. The van der Waals surface area contributed by atoms with Crippen LogP contribution in [0, 0.1) is 6.92 Å². The van der Waals surface area contributed by atoms with Crippen LogP contribution < -0.4 is 20.2 Å². The van der Waals surface area contributed by atoms with Crippen molar-refractivity contribution in [3.63, 3.8) is 0 Å². The van der Waals surface area contributed by atoms with Gasteiger partial charge in [0.1, 0.15) is 11.6 Å². The van der Waals surface area contributed by atoms with Crippen LogP contribution in [0.3, 0.4) is 0 Å². The number of rotatable bonds is 4. The van der Waals surface area contributed by atoms with Crippen LogP contribution in [0.15, 0.2) is 53.3 Å². The molecule has 1 fully saturated rings. The quantitative estimate of drug-likeness (QED) is 0.768. The number of benzene rings is 2. The van der Waals surface area contributed by atoms with Crippen molar-refractivity contribution in [1.29, 1.82) is 0 Å². The molecule has 27 heavy (non-hydrogen) atoms. The summed E-state index contributed by atoms with van der Waals surface area (Å²) in [5, 5.41) is 6.43. The van der Waals surface area contributed by atoms with Crippen molar-refractivity contribution in [2.45, 2.75) is 6.92 Å². The molecular weight excluding hydrogens is 342 g/mol. The van der Waals surface area contributed by atoms with Gasteiger partial charge in [0, 0.05) is 37.6 Å². The molecule has 1 aliphatic rings. The molecule has 2 aromatic carbocycles. The number of methoxy groups -OCH3 is 1. The molecule has 0 unspecified atom stereocenters. The van der Waals surface area contributed by atoms with Gasteiger partial charge in [0.15, 0.2) is 0 Å². The Bertz CT molecular complexity index is 951. The average Bonchev–Trinajstić information content (AvgIpc) is 3.06. The molecule has 1 aromatic heterocycles. The maximum atomic E-state index is 11.9. The fourth-order valence-electron chi connectivity index (χ4n) is 3.51. The summed E-state index contributed by atoms with van der Waals surface area (Å²) in [6.07, 6.45) is 0. The number of H-pyrrole nitrogens is 1. The Hall–Kier alpha value is -3.22. The molecule has 0 spiro atoms. The van der Waals surface area contributed by atoms with Gasteiger partial charge >= 0.3 is 5.69 Å². The second-order valence-electron chi connectivity index (χ2n) is 6.60. The molecule has 7 heteroatoms. The van der Waals surface area contributed by atoms with Gasteiger partial charge in [0.05, 0.1) is 12.8 Å². The number of hydrogen-bond acceptors (Lipinski definition) is 5. The van der Waals surface area contributed by atoms with E-state index >= 15 is 0 Å². The molecule has 7 nitrogen and oxygen atoms in total. The summed E-state index contributed by atoms with van der Waals surface area (Å²) < 4.78 is 6.80. The van der Waals surface area contributed by atoms with Crippen molar-refractivity contribution in [2.24, 2.45) is 0 Å². The van der Waals surface area contributed by atoms with E-state index in [1.807, 2.05) is 31.2 Å². The summed E-state index contributed by atoms with van der Waals surface area (Å²) in [6, 6.07) is 16.3. The van der Waals surface area contributed by atoms with Gasteiger partial charge in [-0.05, 0) is 55.5 Å². The monoisotopic (exact) mass is 365 g/mol. The van der Waals surface area contributed by atoms with Gasteiger partial charge in [-0.3, -0.25) is 0 Å². The van der Waals surface area contributed by atoms with Gasteiger partial charge in [-0.2, -0.15) is 5.10 Å². The minimum absolute atomic E-state index is 0.214. The van der Waals surface area contributed by atoms with E-state index in [0.29, 0.717) is 5.82 Å². The Morgan fingerprint density at radius 3 is 1.78 bits per heavy atom. The molecule has 0 radical (unpaired) electrons. The van der Waals surface area contributed by atoms with E-state index in [-0.39, 0.29) is 5.69 Å². The zero-order valence-corrected chi connectivity index (χ0v) is 15.6. The van der Waals surface area contributed by atoms with Crippen LogP contribution in [0.5, 0.6) is 5.75 Å². The highest BCUT2D eigenvalue weighted by Crippen LogP contribution is 2.23. The lowest BCUT2D eigenvalue weighted by Crippen LogP contribution is -2.46. The summed E-state index contributed by atoms with van der Waals surface area (Å²) in [6.45, 7) is 5.65. The summed E-state index contributed by atoms with van der Waals surface area (Å²) >= 11 is 0. The van der Waals surface area contributed by atoms with Crippen LogP contribution >= 0.6 is 0 Å². The number of aryl methyl sites for hydroxylation is 1. The maximum Gasteiger partial charge on any atom is 0.347 e. The normalized spacial score (nSPS) is 14.4. The fraction of sp³-hybridized carbons (Fsp3) is 0.300. The van der Waals surface area contributed by atoms with Crippen LogP contribution in [0.4, 0.5) is 11.4 Å². The molecule has 1 saturated heterocycles. The first-order valence-electron chi connectivity index (χ1n) is 9.04. The highest BCUT2D eigenvalue weighted by atomic mass is 16.5. The topological polar surface area (TPSA) is 66.4 Å². The van der Waals surface area contributed by atoms with Crippen molar-refractivity contribution in [3.8, 4) is 11.4 Å². The molecule has 0 aliphatic carbocycles. The summed E-state index contributed by atoms with van der Waals surface area (Å²) in [5.41, 5.74) is 3.00. The van der Waals surface area contributed by atoms with Crippen molar-refractivity contribution in [1.82, 2.24) is 14.8 Å². The van der Waals surface area contributed by atoms with Crippen molar-refractivity contribution in [3.05, 3.63) is 64.8 Å².